The second-order valence-corrected chi connectivity index (χ2v) is 11.0. The van der Waals surface area contributed by atoms with Crippen LogP contribution in [0.5, 0.6) is 5.75 Å². The molecule has 2 aromatic rings. The topological polar surface area (TPSA) is 106 Å². The summed E-state index contributed by atoms with van der Waals surface area (Å²) in [6.07, 6.45) is 6.37. The molecule has 210 valence electrons. The van der Waals surface area contributed by atoms with Gasteiger partial charge in [-0.05, 0) is 97.7 Å². The molecule has 1 aromatic heterocycles. The van der Waals surface area contributed by atoms with Gasteiger partial charge in [0, 0.05) is 12.1 Å². The minimum absolute atomic E-state index is 0.182. The third kappa shape index (κ3) is 4.96. The van der Waals surface area contributed by atoms with E-state index in [-0.39, 0.29) is 12.0 Å². The highest BCUT2D eigenvalue weighted by Gasteiger charge is 2.58. The highest BCUT2D eigenvalue weighted by Crippen LogP contribution is 2.51. The number of aryl methyl sites for hydroxylation is 2. The predicted octanol–water partition coefficient (Wildman–Crippen LogP) is 5.61. The molecule has 2 aliphatic heterocycles. The van der Waals surface area contributed by atoms with Crippen molar-refractivity contribution in [2.45, 2.75) is 59.0 Å². The van der Waals surface area contributed by atoms with Gasteiger partial charge in [-0.2, -0.15) is 4.90 Å². The number of hydrogen-bond donors (Lipinski definition) is 1. The van der Waals surface area contributed by atoms with Crippen LogP contribution in [0.15, 0.2) is 47.7 Å². The quantitative estimate of drug-likeness (QED) is 0.357. The Kier molecular flexibility index (Phi) is 7.90. The van der Waals surface area contributed by atoms with E-state index in [1.165, 1.54) is 12.7 Å². The number of nitrogens with zero attached hydrogens (tertiary/aromatic N) is 2. The molecule has 0 saturated carbocycles. The van der Waals surface area contributed by atoms with E-state index in [1.54, 1.807) is 6.20 Å². The van der Waals surface area contributed by atoms with Crippen molar-refractivity contribution in [3.05, 3.63) is 70.1 Å². The number of carbonyl (C=O) groups is 3. The molecule has 2 fully saturated rings. The fourth-order valence-corrected chi connectivity index (χ4v) is 6.67. The van der Waals surface area contributed by atoms with Gasteiger partial charge in [-0.3, -0.25) is 14.6 Å². The zero-order chi connectivity index (χ0) is 28.6. The smallest absolute Gasteiger partial charge is 0.423 e. The fraction of sp³-hybridized carbons (Fsp3) is 0.438. The van der Waals surface area contributed by atoms with Gasteiger partial charge in [0.15, 0.2) is 0 Å². The van der Waals surface area contributed by atoms with E-state index in [9.17, 15) is 19.5 Å². The number of rotatable bonds is 7. The lowest BCUT2D eigenvalue weighted by Gasteiger charge is -2.31. The molecule has 3 amide bonds. The van der Waals surface area contributed by atoms with Gasteiger partial charge in [0.2, 0.25) is 11.8 Å². The third-order valence-corrected chi connectivity index (χ3v) is 8.44. The Morgan fingerprint density at radius 2 is 1.93 bits per heavy atom. The monoisotopic (exact) mass is 544 g/mol. The van der Waals surface area contributed by atoms with E-state index in [0.29, 0.717) is 36.5 Å². The highest BCUT2D eigenvalue weighted by atomic mass is 16.5. The standard InChI is InChI=1S/C32H36N2O6/c1-5-8-22-16-23-28(31(37)34(30(23)36)32(38)39-4)24-17-40-26(27(22)24)11-10-21(25-9-6-7-12-33-25)15-20-13-18(2)29(35)19(3)14-20/h6-7,9,12-15,23-24,26,28,35H,5,8,10-11,16-17H2,1-4H3/b21-15-/t23-,24+,26-,28-/m1/s1. The largest absolute Gasteiger partial charge is 0.507 e. The Bertz CT molecular complexity index is 1370. The molecule has 1 N–H and O–H groups in total. The van der Waals surface area contributed by atoms with Gasteiger partial charge in [-0.25, -0.2) is 4.79 Å². The average Bonchev–Trinajstić information content (AvgIpc) is 3.48. The van der Waals surface area contributed by atoms with E-state index < -0.39 is 29.7 Å². The van der Waals surface area contributed by atoms with Gasteiger partial charge < -0.3 is 14.6 Å². The first kappa shape index (κ1) is 27.8. The number of allylic oxidation sites excluding steroid dienone is 2. The van der Waals surface area contributed by atoms with Gasteiger partial charge >= 0.3 is 6.09 Å². The van der Waals surface area contributed by atoms with Crippen LogP contribution in [0.25, 0.3) is 11.6 Å². The number of benzene rings is 1. The van der Waals surface area contributed by atoms with Crippen molar-refractivity contribution in [3.8, 4) is 5.75 Å². The van der Waals surface area contributed by atoms with Crippen molar-refractivity contribution in [2.24, 2.45) is 17.8 Å². The second-order valence-electron chi connectivity index (χ2n) is 11.0. The zero-order valence-corrected chi connectivity index (χ0v) is 23.5. The summed E-state index contributed by atoms with van der Waals surface area (Å²) in [5, 5.41) is 10.2. The van der Waals surface area contributed by atoms with Crippen LogP contribution >= 0.6 is 0 Å². The van der Waals surface area contributed by atoms with Gasteiger partial charge in [-0.1, -0.05) is 25.0 Å². The van der Waals surface area contributed by atoms with Crippen LogP contribution in [0.4, 0.5) is 4.79 Å². The first-order valence-electron chi connectivity index (χ1n) is 14.0. The molecule has 2 saturated heterocycles. The number of phenolic OH excluding ortho intramolecular Hbond substituents is 1. The molecule has 0 spiro atoms. The number of likely N-dealkylation sites (tertiary alicyclic amines) is 1. The fourth-order valence-electron chi connectivity index (χ4n) is 6.67. The number of methoxy groups -OCH3 is 1. The molecule has 8 nitrogen and oxygen atoms in total. The van der Waals surface area contributed by atoms with Crippen molar-refractivity contribution >= 4 is 29.6 Å². The van der Waals surface area contributed by atoms with Crippen molar-refractivity contribution in [2.75, 3.05) is 13.7 Å². The van der Waals surface area contributed by atoms with Gasteiger partial charge in [0.25, 0.3) is 0 Å². The maximum Gasteiger partial charge on any atom is 0.423 e. The van der Waals surface area contributed by atoms with E-state index >= 15 is 0 Å². The summed E-state index contributed by atoms with van der Waals surface area (Å²) in [4.78, 5) is 43.9. The average molecular weight is 545 g/mol. The van der Waals surface area contributed by atoms with Gasteiger partial charge in [0.1, 0.15) is 5.75 Å². The molecule has 4 atom stereocenters. The third-order valence-electron chi connectivity index (χ3n) is 8.44. The summed E-state index contributed by atoms with van der Waals surface area (Å²) in [7, 11) is 1.18. The lowest BCUT2D eigenvalue weighted by molar-refractivity contribution is -0.137. The number of fused-ring (bicyclic) bond motifs is 3. The summed E-state index contributed by atoms with van der Waals surface area (Å²) >= 11 is 0. The Morgan fingerprint density at radius 1 is 1.18 bits per heavy atom. The molecule has 5 rings (SSSR count). The molecular formula is C32H36N2O6. The first-order chi connectivity index (χ1) is 19.2. The maximum atomic E-state index is 13.3. The van der Waals surface area contributed by atoms with Crippen LogP contribution in [0, 0.1) is 31.6 Å². The molecule has 8 heteroatoms. The summed E-state index contributed by atoms with van der Waals surface area (Å²) in [6.45, 7) is 6.23. The van der Waals surface area contributed by atoms with Crippen molar-refractivity contribution in [1.82, 2.24) is 9.88 Å². The number of aromatic hydroxyl groups is 1. The maximum absolute atomic E-state index is 13.3. The molecule has 0 unspecified atom stereocenters. The van der Waals surface area contributed by atoms with E-state index in [4.69, 9.17) is 9.47 Å². The SMILES string of the molecule is CCCC1=C2[C@@H](CC/C(=C/c3cc(C)c(O)c(C)c3)c3ccccn3)OC[C@@H]2[C@@H]2C(=O)N(C(=O)OC)C(=O)[C@@H]2C1. The van der Waals surface area contributed by atoms with Gasteiger partial charge in [0.05, 0.1) is 37.4 Å². The summed E-state index contributed by atoms with van der Waals surface area (Å²) in [6, 6.07) is 9.77. The first-order valence-corrected chi connectivity index (χ1v) is 14.0. The predicted molar refractivity (Wildman–Crippen MR) is 150 cm³/mol. The Labute approximate surface area is 234 Å². The molecule has 3 heterocycles. The lowest BCUT2D eigenvalue weighted by atomic mass is 9.68. The number of imide groups is 3. The number of hydrogen-bond acceptors (Lipinski definition) is 7. The minimum atomic E-state index is -0.914. The van der Waals surface area contributed by atoms with Crippen molar-refractivity contribution in [3.63, 3.8) is 0 Å². The number of phenols is 1. The molecule has 3 aliphatic rings. The van der Waals surface area contributed by atoms with Crippen molar-refractivity contribution < 1.29 is 29.0 Å². The molecule has 0 bridgehead atoms. The number of ether oxygens (including phenoxy) is 2. The van der Waals surface area contributed by atoms with Crippen LogP contribution in [-0.2, 0) is 19.1 Å². The van der Waals surface area contributed by atoms with Crippen LogP contribution in [0.1, 0.15) is 61.4 Å². The molecule has 1 aromatic carbocycles. The second kappa shape index (κ2) is 11.4. The lowest BCUT2D eigenvalue weighted by Crippen LogP contribution is -2.38. The number of amides is 3. The van der Waals surface area contributed by atoms with Crippen LogP contribution in [0.2, 0.25) is 0 Å². The Balaban J connectivity index is 1.44. The number of carbonyl (C=O) groups excluding carboxylic acids is 3. The molecule has 0 radical (unpaired) electrons. The molecular weight excluding hydrogens is 508 g/mol. The number of aromatic nitrogens is 1. The highest BCUT2D eigenvalue weighted by molar-refractivity contribution is 6.16. The Morgan fingerprint density at radius 3 is 2.58 bits per heavy atom. The van der Waals surface area contributed by atoms with Crippen LogP contribution < -0.4 is 0 Å². The Hall–Kier alpha value is -3.78. The minimum Gasteiger partial charge on any atom is -0.507 e. The summed E-state index contributed by atoms with van der Waals surface area (Å²) in [5.41, 5.74) is 6.85. The molecule has 40 heavy (non-hydrogen) atoms. The van der Waals surface area contributed by atoms with Gasteiger partial charge in [-0.15, -0.1) is 0 Å². The number of pyridine rings is 1. The zero-order valence-electron chi connectivity index (χ0n) is 23.5. The molecule has 1 aliphatic carbocycles. The summed E-state index contributed by atoms with van der Waals surface area (Å²) in [5.74, 6) is -2.00. The van der Waals surface area contributed by atoms with Crippen LogP contribution in [-0.4, -0.2) is 52.7 Å². The van der Waals surface area contributed by atoms with E-state index in [1.807, 2.05) is 44.2 Å². The summed E-state index contributed by atoms with van der Waals surface area (Å²) < 4.78 is 11.1. The van der Waals surface area contributed by atoms with E-state index in [2.05, 4.69) is 18.0 Å². The van der Waals surface area contributed by atoms with Crippen LogP contribution in [0.3, 0.4) is 0 Å². The normalized spacial score (nSPS) is 24.4. The van der Waals surface area contributed by atoms with Crippen molar-refractivity contribution in [1.29, 1.82) is 0 Å². The van der Waals surface area contributed by atoms with E-state index in [0.717, 1.165) is 46.4 Å².